The lowest BCUT2D eigenvalue weighted by molar-refractivity contribution is 0.516. The minimum absolute atomic E-state index is 0.887. The second kappa shape index (κ2) is 6.13. The van der Waals surface area contributed by atoms with Crippen LogP contribution in [-0.2, 0) is 0 Å². The van der Waals surface area contributed by atoms with Crippen LogP contribution >= 0.6 is 0 Å². The van der Waals surface area contributed by atoms with Crippen LogP contribution in [0.4, 0.5) is 0 Å². The first-order valence-electron chi connectivity index (χ1n) is 4.86. The van der Waals surface area contributed by atoms with E-state index in [1.807, 2.05) is 6.11 Å². The Hall–Kier alpha value is -0.423. The highest BCUT2D eigenvalue weighted by Gasteiger charge is 2.25. The van der Waals surface area contributed by atoms with Crippen LogP contribution in [0.1, 0.15) is 27.2 Å². The molecule has 0 aliphatic carbocycles. The fourth-order valence-electron chi connectivity index (χ4n) is 1.66. The van der Waals surface area contributed by atoms with Gasteiger partial charge in [-0.05, 0) is 6.04 Å². The molecule has 0 aliphatic heterocycles. The van der Waals surface area contributed by atoms with Gasteiger partial charge in [0.05, 0.1) is 8.07 Å². The van der Waals surface area contributed by atoms with Gasteiger partial charge in [-0.25, -0.2) is 0 Å². The van der Waals surface area contributed by atoms with Gasteiger partial charge in [-0.2, -0.15) is 0 Å². The SMILES string of the molecule is CC[Si](CC)(CC)CCC#CO. The maximum absolute atomic E-state index is 8.34. The summed E-state index contributed by atoms with van der Waals surface area (Å²) in [6, 6.07) is 5.32. The van der Waals surface area contributed by atoms with Crippen molar-refractivity contribution in [3.05, 3.63) is 0 Å². The van der Waals surface area contributed by atoms with Crippen molar-refractivity contribution in [1.82, 2.24) is 0 Å². The van der Waals surface area contributed by atoms with Crippen LogP contribution in [0.5, 0.6) is 0 Å². The summed E-state index contributed by atoms with van der Waals surface area (Å²) in [6.07, 6.45) is 2.87. The van der Waals surface area contributed by atoms with Crippen molar-refractivity contribution in [2.24, 2.45) is 0 Å². The van der Waals surface area contributed by atoms with E-state index in [4.69, 9.17) is 5.11 Å². The Morgan fingerprint density at radius 2 is 1.58 bits per heavy atom. The van der Waals surface area contributed by atoms with Gasteiger partial charge in [-0.1, -0.05) is 44.8 Å². The normalized spacial score (nSPS) is 10.6. The first-order valence-corrected chi connectivity index (χ1v) is 7.69. The summed E-state index contributed by atoms with van der Waals surface area (Å²) < 4.78 is 0. The smallest absolute Gasteiger partial charge is 0.107 e. The first-order chi connectivity index (χ1) is 5.74. The zero-order valence-electron chi connectivity index (χ0n) is 8.48. The quantitative estimate of drug-likeness (QED) is 0.514. The third-order valence-electron chi connectivity index (χ3n) is 3.11. The van der Waals surface area contributed by atoms with Crippen molar-refractivity contribution in [3.8, 4) is 12.0 Å². The Morgan fingerprint density at radius 3 is 1.92 bits per heavy atom. The molecule has 0 saturated carbocycles. The van der Waals surface area contributed by atoms with Gasteiger partial charge in [0.2, 0.25) is 0 Å². The van der Waals surface area contributed by atoms with Crippen molar-refractivity contribution in [2.45, 2.75) is 51.4 Å². The largest absolute Gasteiger partial charge is 0.462 e. The lowest BCUT2D eigenvalue weighted by Gasteiger charge is -2.26. The molecule has 12 heavy (non-hydrogen) atoms. The topological polar surface area (TPSA) is 20.2 Å². The van der Waals surface area contributed by atoms with Gasteiger partial charge < -0.3 is 5.11 Å². The van der Waals surface area contributed by atoms with E-state index < -0.39 is 8.07 Å². The van der Waals surface area contributed by atoms with Crippen LogP contribution < -0.4 is 0 Å². The summed E-state index contributed by atoms with van der Waals surface area (Å²) in [5.41, 5.74) is 0. The number of hydrogen-bond donors (Lipinski definition) is 1. The second-order valence-electron chi connectivity index (χ2n) is 3.35. The molecule has 0 fully saturated rings. The number of aliphatic hydroxyl groups excluding tert-OH is 1. The Balaban J connectivity index is 3.98. The molecule has 0 bridgehead atoms. The van der Waals surface area contributed by atoms with Gasteiger partial charge in [-0.15, -0.1) is 0 Å². The summed E-state index contributed by atoms with van der Waals surface area (Å²) in [6.45, 7) is 6.89. The van der Waals surface area contributed by atoms with Gasteiger partial charge in [0, 0.05) is 6.42 Å². The average molecular weight is 184 g/mol. The monoisotopic (exact) mass is 184 g/mol. The van der Waals surface area contributed by atoms with E-state index in [2.05, 4.69) is 26.7 Å². The molecule has 0 aromatic rings. The van der Waals surface area contributed by atoms with E-state index >= 15 is 0 Å². The highest BCUT2D eigenvalue weighted by atomic mass is 28.3. The minimum Gasteiger partial charge on any atom is -0.462 e. The van der Waals surface area contributed by atoms with Crippen molar-refractivity contribution < 1.29 is 5.11 Å². The van der Waals surface area contributed by atoms with Crippen molar-refractivity contribution in [3.63, 3.8) is 0 Å². The Bertz CT molecular complexity index is 154. The summed E-state index contributed by atoms with van der Waals surface area (Å²) in [5.74, 6) is 2.75. The maximum atomic E-state index is 8.34. The zero-order chi connectivity index (χ0) is 9.45. The van der Waals surface area contributed by atoms with Crippen LogP contribution in [0, 0.1) is 12.0 Å². The molecule has 0 rings (SSSR count). The van der Waals surface area contributed by atoms with E-state index in [1.54, 1.807) is 0 Å². The zero-order valence-corrected chi connectivity index (χ0v) is 9.48. The first kappa shape index (κ1) is 11.6. The molecule has 0 amide bonds. The lowest BCUT2D eigenvalue weighted by Crippen LogP contribution is -2.30. The summed E-state index contributed by atoms with van der Waals surface area (Å²) >= 11 is 0. The van der Waals surface area contributed by atoms with E-state index in [1.165, 1.54) is 24.2 Å². The summed E-state index contributed by atoms with van der Waals surface area (Å²) in [5, 5.41) is 8.34. The molecule has 0 radical (unpaired) electrons. The van der Waals surface area contributed by atoms with Crippen LogP contribution in [0.3, 0.4) is 0 Å². The molecule has 0 aliphatic rings. The fraction of sp³-hybridized carbons (Fsp3) is 0.800. The molecule has 0 unspecified atom stereocenters. The molecule has 1 N–H and O–H groups in total. The van der Waals surface area contributed by atoms with E-state index in [9.17, 15) is 0 Å². The standard InChI is InChI=1S/C10H20OSi/c1-4-12(5-2,6-3)10-8-7-9-11/h11H,4-6,8,10H2,1-3H3. The lowest BCUT2D eigenvalue weighted by atomic mass is 10.5. The second-order valence-corrected chi connectivity index (χ2v) is 8.97. The molecule has 2 heteroatoms. The predicted octanol–water partition coefficient (Wildman–Crippen LogP) is 3.22. The predicted molar refractivity (Wildman–Crippen MR) is 56.3 cm³/mol. The summed E-state index contributed by atoms with van der Waals surface area (Å²) in [4.78, 5) is 0. The van der Waals surface area contributed by atoms with Crippen LogP contribution in [0.2, 0.25) is 24.2 Å². The van der Waals surface area contributed by atoms with Gasteiger partial charge >= 0.3 is 0 Å². The van der Waals surface area contributed by atoms with Gasteiger partial charge in [0.15, 0.2) is 0 Å². The van der Waals surface area contributed by atoms with E-state index in [-0.39, 0.29) is 0 Å². The van der Waals surface area contributed by atoms with Gasteiger partial charge in [0.25, 0.3) is 0 Å². The fourth-order valence-corrected chi connectivity index (χ4v) is 4.88. The highest BCUT2D eigenvalue weighted by molar-refractivity contribution is 6.79. The Labute approximate surface area is 77.2 Å². The van der Waals surface area contributed by atoms with E-state index in [0.29, 0.717) is 0 Å². The molecule has 0 aromatic heterocycles. The third-order valence-corrected chi connectivity index (χ3v) is 8.92. The van der Waals surface area contributed by atoms with Crippen LogP contribution in [0.25, 0.3) is 0 Å². The molecule has 0 aromatic carbocycles. The summed E-state index contributed by atoms with van der Waals surface area (Å²) in [7, 11) is -0.968. The molecule has 0 atom stereocenters. The number of rotatable bonds is 5. The van der Waals surface area contributed by atoms with E-state index in [0.717, 1.165) is 6.42 Å². The highest BCUT2D eigenvalue weighted by Crippen LogP contribution is 2.25. The maximum Gasteiger partial charge on any atom is 0.107 e. The number of aliphatic hydroxyl groups is 1. The molecule has 0 spiro atoms. The van der Waals surface area contributed by atoms with Crippen LogP contribution in [0.15, 0.2) is 0 Å². The minimum atomic E-state index is -0.968. The number of hydrogen-bond acceptors (Lipinski definition) is 1. The molecule has 0 saturated heterocycles. The molecular formula is C10H20OSi. The van der Waals surface area contributed by atoms with Crippen molar-refractivity contribution in [2.75, 3.05) is 0 Å². The van der Waals surface area contributed by atoms with Crippen molar-refractivity contribution in [1.29, 1.82) is 0 Å². The third kappa shape index (κ3) is 3.32. The molecular weight excluding hydrogens is 164 g/mol. The van der Waals surface area contributed by atoms with Crippen LogP contribution in [-0.4, -0.2) is 13.2 Å². The Morgan fingerprint density at radius 1 is 1.08 bits per heavy atom. The molecule has 70 valence electrons. The molecule has 0 heterocycles. The van der Waals surface area contributed by atoms with Gasteiger partial charge in [0.1, 0.15) is 6.11 Å². The average Bonchev–Trinajstić information content (AvgIpc) is 2.14. The van der Waals surface area contributed by atoms with Crippen molar-refractivity contribution >= 4 is 8.07 Å². The Kier molecular flexibility index (Phi) is 5.92. The van der Waals surface area contributed by atoms with Gasteiger partial charge in [-0.3, -0.25) is 0 Å². The molecule has 1 nitrogen and oxygen atoms in total.